The smallest absolute Gasteiger partial charge is 0.280 e. The van der Waals surface area contributed by atoms with Crippen LogP contribution < -0.4 is 0 Å². The van der Waals surface area contributed by atoms with Crippen molar-refractivity contribution in [3.05, 3.63) is 41.1 Å². The van der Waals surface area contributed by atoms with Gasteiger partial charge in [0.1, 0.15) is 5.82 Å². The standard InChI is InChI=1S/C13H12FN5O/c1-7-10(14)5-4-6-11(7)19-8(2)12(16-18-19)13-15-9(3)17-20-13/h4-6H,1-3H3. The monoisotopic (exact) mass is 273 g/mol. The zero-order chi connectivity index (χ0) is 14.3. The van der Waals surface area contributed by atoms with Crippen LogP contribution in [0.3, 0.4) is 0 Å². The summed E-state index contributed by atoms with van der Waals surface area (Å²) in [6.07, 6.45) is 0. The van der Waals surface area contributed by atoms with Gasteiger partial charge in [-0.2, -0.15) is 4.98 Å². The van der Waals surface area contributed by atoms with Crippen molar-refractivity contribution in [2.24, 2.45) is 0 Å². The second kappa shape index (κ2) is 4.52. The largest absolute Gasteiger partial charge is 0.332 e. The third-order valence-electron chi connectivity index (χ3n) is 3.09. The third kappa shape index (κ3) is 1.87. The second-order valence-electron chi connectivity index (χ2n) is 4.47. The predicted molar refractivity (Wildman–Crippen MR) is 68.8 cm³/mol. The Labute approximate surface area is 114 Å². The molecule has 0 aliphatic heterocycles. The predicted octanol–water partition coefficient (Wildman–Crippen LogP) is 2.38. The van der Waals surface area contributed by atoms with Gasteiger partial charge in [-0.25, -0.2) is 9.07 Å². The van der Waals surface area contributed by atoms with Crippen molar-refractivity contribution in [1.29, 1.82) is 0 Å². The van der Waals surface area contributed by atoms with Crippen molar-refractivity contribution in [2.75, 3.05) is 0 Å². The molecule has 0 unspecified atom stereocenters. The Balaban J connectivity index is 2.13. The highest BCUT2D eigenvalue weighted by molar-refractivity contribution is 5.52. The van der Waals surface area contributed by atoms with Crippen LogP contribution in [0, 0.1) is 26.6 Å². The van der Waals surface area contributed by atoms with Crippen molar-refractivity contribution in [3.8, 4) is 17.3 Å². The first-order chi connectivity index (χ1) is 9.58. The number of benzene rings is 1. The molecule has 6 nitrogen and oxygen atoms in total. The Hall–Kier alpha value is -2.57. The average Bonchev–Trinajstić information content (AvgIpc) is 2.99. The van der Waals surface area contributed by atoms with E-state index in [1.165, 1.54) is 6.07 Å². The quantitative estimate of drug-likeness (QED) is 0.717. The van der Waals surface area contributed by atoms with E-state index in [1.54, 1.807) is 30.7 Å². The molecule has 20 heavy (non-hydrogen) atoms. The molecule has 0 radical (unpaired) electrons. The molecule has 0 amide bonds. The number of aromatic nitrogens is 5. The van der Waals surface area contributed by atoms with Gasteiger partial charge in [-0.1, -0.05) is 16.4 Å². The number of halogens is 1. The molecule has 0 saturated carbocycles. The maximum absolute atomic E-state index is 13.6. The number of aryl methyl sites for hydroxylation is 1. The molecule has 0 bridgehead atoms. The van der Waals surface area contributed by atoms with Crippen molar-refractivity contribution in [2.45, 2.75) is 20.8 Å². The summed E-state index contributed by atoms with van der Waals surface area (Å²) >= 11 is 0. The van der Waals surface area contributed by atoms with Gasteiger partial charge < -0.3 is 4.52 Å². The molecule has 2 aromatic heterocycles. The zero-order valence-electron chi connectivity index (χ0n) is 11.3. The van der Waals surface area contributed by atoms with Crippen molar-refractivity contribution < 1.29 is 8.91 Å². The summed E-state index contributed by atoms with van der Waals surface area (Å²) in [4.78, 5) is 4.12. The number of nitrogens with zero attached hydrogens (tertiary/aromatic N) is 5. The number of hydrogen-bond donors (Lipinski definition) is 0. The summed E-state index contributed by atoms with van der Waals surface area (Å²) in [5, 5.41) is 11.8. The first-order valence-corrected chi connectivity index (χ1v) is 6.06. The SMILES string of the molecule is Cc1noc(-c2nnn(-c3cccc(F)c3C)c2C)n1. The van der Waals surface area contributed by atoms with Crippen molar-refractivity contribution >= 4 is 0 Å². The van der Waals surface area contributed by atoms with Crippen LogP contribution in [0.5, 0.6) is 0 Å². The van der Waals surface area contributed by atoms with E-state index in [4.69, 9.17) is 4.52 Å². The van der Waals surface area contributed by atoms with Crippen LogP contribution in [0.1, 0.15) is 17.1 Å². The third-order valence-corrected chi connectivity index (χ3v) is 3.09. The lowest BCUT2D eigenvalue weighted by Gasteiger charge is -2.07. The van der Waals surface area contributed by atoms with E-state index >= 15 is 0 Å². The molecule has 0 atom stereocenters. The van der Waals surface area contributed by atoms with Crippen LogP contribution in [-0.4, -0.2) is 25.1 Å². The zero-order valence-corrected chi connectivity index (χ0v) is 11.3. The van der Waals surface area contributed by atoms with E-state index in [2.05, 4.69) is 20.5 Å². The fraction of sp³-hybridized carbons (Fsp3) is 0.231. The van der Waals surface area contributed by atoms with Gasteiger partial charge in [-0.3, -0.25) is 0 Å². The molecule has 3 rings (SSSR count). The first-order valence-electron chi connectivity index (χ1n) is 6.06. The summed E-state index contributed by atoms with van der Waals surface area (Å²) in [7, 11) is 0. The minimum Gasteiger partial charge on any atom is -0.332 e. The molecule has 0 saturated heterocycles. The minimum absolute atomic E-state index is 0.285. The van der Waals surface area contributed by atoms with E-state index in [1.807, 2.05) is 6.92 Å². The topological polar surface area (TPSA) is 69.6 Å². The van der Waals surface area contributed by atoms with Crippen LogP contribution in [-0.2, 0) is 0 Å². The van der Waals surface area contributed by atoms with Gasteiger partial charge in [-0.15, -0.1) is 5.10 Å². The van der Waals surface area contributed by atoms with E-state index in [9.17, 15) is 4.39 Å². The van der Waals surface area contributed by atoms with Gasteiger partial charge in [-0.05, 0) is 32.9 Å². The second-order valence-corrected chi connectivity index (χ2v) is 4.47. The lowest BCUT2D eigenvalue weighted by molar-refractivity contribution is 0.424. The Kier molecular flexibility index (Phi) is 2.81. The van der Waals surface area contributed by atoms with Crippen molar-refractivity contribution in [1.82, 2.24) is 25.1 Å². The lowest BCUT2D eigenvalue weighted by Crippen LogP contribution is -2.03. The number of rotatable bonds is 2. The maximum Gasteiger partial charge on any atom is 0.280 e. The van der Waals surface area contributed by atoms with Crippen LogP contribution in [0.4, 0.5) is 4.39 Å². The highest BCUT2D eigenvalue weighted by Crippen LogP contribution is 2.23. The van der Waals surface area contributed by atoms with Crippen LogP contribution in [0.15, 0.2) is 22.7 Å². The fourth-order valence-electron chi connectivity index (χ4n) is 1.97. The molecule has 3 aromatic rings. The van der Waals surface area contributed by atoms with Gasteiger partial charge in [0.15, 0.2) is 11.5 Å². The Bertz CT molecular complexity index is 777. The molecule has 0 aliphatic carbocycles. The molecule has 2 heterocycles. The summed E-state index contributed by atoms with van der Waals surface area (Å²) < 4.78 is 20.3. The summed E-state index contributed by atoms with van der Waals surface area (Å²) in [5.41, 5.74) is 2.35. The molecule has 102 valence electrons. The molecule has 0 N–H and O–H groups in total. The lowest BCUT2D eigenvalue weighted by atomic mass is 10.2. The molecule has 0 spiro atoms. The highest BCUT2D eigenvalue weighted by Gasteiger charge is 2.18. The molecule has 1 aromatic carbocycles. The van der Waals surface area contributed by atoms with Crippen LogP contribution in [0.25, 0.3) is 17.3 Å². The van der Waals surface area contributed by atoms with E-state index in [0.29, 0.717) is 34.4 Å². The van der Waals surface area contributed by atoms with Gasteiger partial charge in [0, 0.05) is 5.56 Å². The summed E-state index contributed by atoms with van der Waals surface area (Å²) in [5.74, 6) is 0.545. The van der Waals surface area contributed by atoms with E-state index in [0.717, 1.165) is 0 Å². The molecule has 7 heteroatoms. The Morgan fingerprint density at radius 3 is 2.70 bits per heavy atom. The van der Waals surface area contributed by atoms with Crippen molar-refractivity contribution in [3.63, 3.8) is 0 Å². The Morgan fingerprint density at radius 2 is 2.00 bits per heavy atom. The summed E-state index contributed by atoms with van der Waals surface area (Å²) in [6, 6.07) is 4.83. The molecule has 0 aliphatic rings. The number of hydrogen-bond acceptors (Lipinski definition) is 5. The van der Waals surface area contributed by atoms with Gasteiger partial charge >= 0.3 is 0 Å². The fourth-order valence-corrected chi connectivity index (χ4v) is 1.97. The Morgan fingerprint density at radius 1 is 1.20 bits per heavy atom. The average molecular weight is 273 g/mol. The first kappa shape index (κ1) is 12.5. The minimum atomic E-state index is -0.285. The summed E-state index contributed by atoms with van der Waals surface area (Å²) in [6.45, 7) is 5.24. The van der Waals surface area contributed by atoms with Gasteiger partial charge in [0.05, 0.1) is 11.4 Å². The van der Waals surface area contributed by atoms with E-state index < -0.39 is 0 Å². The van der Waals surface area contributed by atoms with Crippen LogP contribution in [0.2, 0.25) is 0 Å². The van der Waals surface area contributed by atoms with Gasteiger partial charge in [0.25, 0.3) is 5.89 Å². The highest BCUT2D eigenvalue weighted by atomic mass is 19.1. The molecule has 0 fully saturated rings. The van der Waals surface area contributed by atoms with Gasteiger partial charge in [0.2, 0.25) is 0 Å². The maximum atomic E-state index is 13.6. The van der Waals surface area contributed by atoms with E-state index in [-0.39, 0.29) is 5.82 Å². The normalized spacial score (nSPS) is 11.0. The molecular weight excluding hydrogens is 261 g/mol. The van der Waals surface area contributed by atoms with Crippen LogP contribution >= 0.6 is 0 Å². The molecular formula is C13H12FN5O.